The van der Waals surface area contributed by atoms with Crippen LogP contribution in [0.4, 0.5) is 0 Å². The third kappa shape index (κ3) is 10.4. The predicted octanol–water partition coefficient (Wildman–Crippen LogP) is 1.89. The Balaban J connectivity index is 1.67. The molecule has 0 saturated carbocycles. The summed E-state index contributed by atoms with van der Waals surface area (Å²) in [5.74, 6) is 1.86. The van der Waals surface area contributed by atoms with Crippen molar-refractivity contribution in [3.63, 3.8) is 0 Å². The van der Waals surface area contributed by atoms with Crippen LogP contribution in [0.5, 0.6) is 0 Å². The molecule has 1 fully saturated rings. The van der Waals surface area contributed by atoms with Gasteiger partial charge in [0.2, 0.25) is 0 Å². The van der Waals surface area contributed by atoms with Crippen LogP contribution in [0, 0.1) is 0 Å². The lowest BCUT2D eigenvalue weighted by Gasteiger charge is -2.26. The zero-order valence-corrected chi connectivity index (χ0v) is 16.9. The quantitative estimate of drug-likeness (QED) is 0.328. The highest BCUT2D eigenvalue weighted by Gasteiger charge is 2.09. The minimum Gasteiger partial charge on any atom is -0.469 e. The van der Waals surface area contributed by atoms with Crippen LogP contribution in [0.25, 0.3) is 0 Å². The standard InChI is InChI=1S/C20H36N4O3/c1-18(2)26-14-4-3-8-21-20(22-9-7-19-6-5-15-27-19)23-10-11-24-12-16-25-17-13-24/h5-6,15,18H,3-4,7-14,16-17H2,1-2H3,(H2,21,22,23). The largest absolute Gasteiger partial charge is 0.469 e. The maximum absolute atomic E-state index is 5.58. The normalized spacial score (nSPS) is 16.0. The highest BCUT2D eigenvalue weighted by molar-refractivity contribution is 5.79. The minimum atomic E-state index is 0.300. The van der Waals surface area contributed by atoms with Crippen molar-refractivity contribution in [2.24, 2.45) is 4.99 Å². The summed E-state index contributed by atoms with van der Waals surface area (Å²) in [6, 6.07) is 3.92. The van der Waals surface area contributed by atoms with Gasteiger partial charge in [0.15, 0.2) is 5.96 Å². The fourth-order valence-electron chi connectivity index (χ4n) is 2.81. The Bertz CT molecular complexity index is 499. The minimum absolute atomic E-state index is 0.300. The molecule has 2 rings (SSSR count). The third-order valence-electron chi connectivity index (χ3n) is 4.34. The molecular formula is C20H36N4O3. The Morgan fingerprint density at radius 3 is 2.78 bits per heavy atom. The number of aliphatic imine (C=N–C) groups is 1. The Morgan fingerprint density at radius 2 is 2.04 bits per heavy atom. The van der Waals surface area contributed by atoms with Crippen molar-refractivity contribution in [3.8, 4) is 0 Å². The van der Waals surface area contributed by atoms with Gasteiger partial charge in [-0.25, -0.2) is 0 Å². The average Bonchev–Trinajstić information content (AvgIpc) is 3.18. The van der Waals surface area contributed by atoms with Gasteiger partial charge in [-0.05, 0) is 38.8 Å². The first kappa shape index (κ1) is 21.7. The molecule has 154 valence electrons. The number of ether oxygens (including phenoxy) is 2. The molecule has 0 aliphatic carbocycles. The predicted molar refractivity (Wildman–Crippen MR) is 108 cm³/mol. The smallest absolute Gasteiger partial charge is 0.191 e. The average molecular weight is 381 g/mol. The Kier molecular flexibility index (Phi) is 10.9. The van der Waals surface area contributed by atoms with E-state index in [4.69, 9.17) is 18.9 Å². The molecule has 1 aliphatic rings. The summed E-state index contributed by atoms with van der Waals surface area (Å²) in [4.78, 5) is 7.12. The highest BCUT2D eigenvalue weighted by Crippen LogP contribution is 2.00. The van der Waals surface area contributed by atoms with E-state index in [9.17, 15) is 0 Å². The van der Waals surface area contributed by atoms with Crippen molar-refractivity contribution < 1.29 is 13.9 Å². The molecule has 0 radical (unpaired) electrons. The molecule has 1 aliphatic heterocycles. The van der Waals surface area contributed by atoms with Crippen molar-refractivity contribution in [2.45, 2.75) is 39.2 Å². The molecule has 0 amide bonds. The molecule has 0 aromatic carbocycles. The lowest BCUT2D eigenvalue weighted by molar-refractivity contribution is 0.0389. The van der Waals surface area contributed by atoms with Crippen LogP contribution < -0.4 is 10.6 Å². The first-order chi connectivity index (χ1) is 13.2. The molecule has 2 heterocycles. The van der Waals surface area contributed by atoms with Crippen molar-refractivity contribution >= 4 is 5.96 Å². The number of nitrogens with zero attached hydrogens (tertiary/aromatic N) is 2. The van der Waals surface area contributed by atoms with Gasteiger partial charge >= 0.3 is 0 Å². The fourth-order valence-corrected chi connectivity index (χ4v) is 2.81. The molecule has 1 aromatic rings. The molecule has 1 saturated heterocycles. The van der Waals surface area contributed by atoms with Crippen LogP contribution >= 0.6 is 0 Å². The summed E-state index contributed by atoms with van der Waals surface area (Å²) in [7, 11) is 0. The Hall–Kier alpha value is -1.57. The summed E-state index contributed by atoms with van der Waals surface area (Å²) in [5, 5.41) is 6.86. The monoisotopic (exact) mass is 380 g/mol. The van der Waals surface area contributed by atoms with E-state index in [-0.39, 0.29) is 0 Å². The van der Waals surface area contributed by atoms with Crippen molar-refractivity contribution in [1.29, 1.82) is 0 Å². The molecule has 7 heteroatoms. The van der Waals surface area contributed by atoms with Gasteiger partial charge in [0.05, 0.1) is 25.6 Å². The molecule has 0 atom stereocenters. The molecule has 2 N–H and O–H groups in total. The second kappa shape index (κ2) is 13.6. The van der Waals surface area contributed by atoms with Gasteiger partial charge in [0.1, 0.15) is 5.76 Å². The van der Waals surface area contributed by atoms with E-state index >= 15 is 0 Å². The number of guanidine groups is 1. The van der Waals surface area contributed by atoms with Gasteiger partial charge in [-0.15, -0.1) is 0 Å². The van der Waals surface area contributed by atoms with Crippen LogP contribution in [0.3, 0.4) is 0 Å². The maximum Gasteiger partial charge on any atom is 0.191 e. The first-order valence-corrected chi connectivity index (χ1v) is 10.2. The van der Waals surface area contributed by atoms with Gasteiger partial charge in [0, 0.05) is 52.3 Å². The summed E-state index contributed by atoms with van der Waals surface area (Å²) in [5.41, 5.74) is 0. The van der Waals surface area contributed by atoms with E-state index in [2.05, 4.69) is 29.4 Å². The van der Waals surface area contributed by atoms with Gasteiger partial charge in [-0.3, -0.25) is 9.89 Å². The van der Waals surface area contributed by atoms with Gasteiger partial charge in [-0.2, -0.15) is 0 Å². The number of hydrogen-bond acceptors (Lipinski definition) is 5. The molecule has 27 heavy (non-hydrogen) atoms. The Labute approximate surface area is 163 Å². The van der Waals surface area contributed by atoms with Crippen LogP contribution in [-0.2, 0) is 15.9 Å². The topological polar surface area (TPSA) is 71.3 Å². The third-order valence-corrected chi connectivity index (χ3v) is 4.34. The Morgan fingerprint density at radius 1 is 1.22 bits per heavy atom. The van der Waals surface area contributed by atoms with Crippen LogP contribution in [-0.4, -0.2) is 76.1 Å². The summed E-state index contributed by atoms with van der Waals surface area (Å²) in [6.45, 7) is 12.1. The fraction of sp³-hybridized carbons (Fsp3) is 0.750. The number of rotatable bonds is 12. The summed E-state index contributed by atoms with van der Waals surface area (Å²) >= 11 is 0. The van der Waals surface area contributed by atoms with Crippen LogP contribution in [0.2, 0.25) is 0 Å². The van der Waals surface area contributed by atoms with E-state index in [0.29, 0.717) is 6.10 Å². The molecule has 1 aromatic heterocycles. The lowest BCUT2D eigenvalue weighted by Crippen LogP contribution is -2.44. The first-order valence-electron chi connectivity index (χ1n) is 10.2. The summed E-state index contributed by atoms with van der Waals surface area (Å²) in [6.07, 6.45) is 4.93. The van der Waals surface area contributed by atoms with E-state index in [1.807, 2.05) is 12.1 Å². The van der Waals surface area contributed by atoms with Gasteiger partial charge < -0.3 is 24.5 Å². The number of morpholine rings is 1. The van der Waals surface area contributed by atoms with Crippen molar-refractivity contribution in [2.75, 3.05) is 59.1 Å². The molecule has 0 unspecified atom stereocenters. The lowest BCUT2D eigenvalue weighted by atomic mass is 10.3. The summed E-state index contributed by atoms with van der Waals surface area (Å²) < 4.78 is 16.4. The number of nitrogens with one attached hydrogen (secondary N) is 2. The van der Waals surface area contributed by atoms with E-state index in [1.165, 1.54) is 0 Å². The zero-order valence-electron chi connectivity index (χ0n) is 16.9. The van der Waals surface area contributed by atoms with E-state index < -0.39 is 0 Å². The van der Waals surface area contributed by atoms with Crippen molar-refractivity contribution in [3.05, 3.63) is 24.2 Å². The second-order valence-corrected chi connectivity index (χ2v) is 6.99. The molecule has 0 bridgehead atoms. The van der Waals surface area contributed by atoms with Crippen molar-refractivity contribution in [1.82, 2.24) is 15.5 Å². The second-order valence-electron chi connectivity index (χ2n) is 6.99. The molecule has 0 spiro atoms. The van der Waals surface area contributed by atoms with E-state index in [0.717, 1.165) is 90.1 Å². The van der Waals surface area contributed by atoms with Crippen LogP contribution in [0.1, 0.15) is 32.4 Å². The number of hydrogen-bond donors (Lipinski definition) is 2. The van der Waals surface area contributed by atoms with Crippen LogP contribution in [0.15, 0.2) is 27.8 Å². The van der Waals surface area contributed by atoms with E-state index in [1.54, 1.807) is 6.26 Å². The maximum atomic E-state index is 5.58. The molecular weight excluding hydrogens is 344 g/mol. The highest BCUT2D eigenvalue weighted by atomic mass is 16.5. The van der Waals surface area contributed by atoms with Gasteiger partial charge in [-0.1, -0.05) is 0 Å². The molecule has 7 nitrogen and oxygen atoms in total. The zero-order chi connectivity index (χ0) is 19.2. The number of unbranched alkanes of at least 4 members (excludes halogenated alkanes) is 1. The van der Waals surface area contributed by atoms with Gasteiger partial charge in [0.25, 0.3) is 0 Å². The number of furan rings is 1. The SMILES string of the molecule is CC(C)OCCCCN=C(NCCc1ccco1)NCCN1CCOCC1.